The Hall–Kier alpha value is -4.08. The zero-order valence-corrected chi connectivity index (χ0v) is 21.4. The Morgan fingerprint density at radius 3 is 2.08 bits per heavy atom. The molecule has 15 heteroatoms. The summed E-state index contributed by atoms with van der Waals surface area (Å²) in [5, 5.41) is 16.6. The van der Waals surface area contributed by atoms with Crippen LogP contribution in [0.2, 0.25) is 0 Å². The summed E-state index contributed by atoms with van der Waals surface area (Å²) in [7, 11) is -2.15. The van der Waals surface area contributed by atoms with E-state index in [1.807, 2.05) is 36.6 Å². The summed E-state index contributed by atoms with van der Waals surface area (Å²) in [5.74, 6) is -1.63. The van der Waals surface area contributed by atoms with Gasteiger partial charge in [0.2, 0.25) is 10.0 Å². The number of halogens is 3. The number of aliphatic carboxylic acids is 1. The fourth-order valence-electron chi connectivity index (χ4n) is 2.90. The van der Waals surface area contributed by atoms with Gasteiger partial charge in [-0.1, -0.05) is 18.2 Å². The molecule has 200 valence electrons. The second-order valence-electron chi connectivity index (χ2n) is 7.41. The molecule has 2 aromatic carbocycles. The first-order valence-electron chi connectivity index (χ1n) is 10.6. The summed E-state index contributed by atoms with van der Waals surface area (Å²) in [6.07, 6.45) is -3.65. The van der Waals surface area contributed by atoms with Gasteiger partial charge in [-0.05, 0) is 44.3 Å². The number of anilines is 4. The number of thiazole rings is 1. The van der Waals surface area contributed by atoms with Crippen LogP contribution in [0.15, 0.2) is 71.2 Å². The van der Waals surface area contributed by atoms with Crippen molar-refractivity contribution in [3.05, 3.63) is 71.3 Å². The van der Waals surface area contributed by atoms with E-state index < -0.39 is 22.2 Å². The minimum atomic E-state index is -5.08. The monoisotopic (exact) mass is 566 g/mol. The van der Waals surface area contributed by atoms with Crippen molar-refractivity contribution in [2.75, 3.05) is 17.7 Å². The van der Waals surface area contributed by atoms with Gasteiger partial charge in [-0.25, -0.2) is 32.9 Å². The fourth-order valence-corrected chi connectivity index (χ4v) is 4.30. The number of aryl methyl sites for hydroxylation is 1. The third kappa shape index (κ3) is 7.96. The van der Waals surface area contributed by atoms with Crippen LogP contribution in [0, 0.1) is 6.92 Å². The van der Waals surface area contributed by atoms with Crippen molar-refractivity contribution in [1.29, 1.82) is 0 Å². The van der Waals surface area contributed by atoms with E-state index in [0.29, 0.717) is 17.3 Å². The number of sulfonamides is 1. The van der Waals surface area contributed by atoms with Gasteiger partial charge in [-0.3, -0.25) is 0 Å². The highest BCUT2D eigenvalue weighted by Gasteiger charge is 2.38. The number of carboxylic acids is 1. The van der Waals surface area contributed by atoms with E-state index in [1.165, 1.54) is 19.4 Å². The van der Waals surface area contributed by atoms with Crippen LogP contribution in [-0.4, -0.2) is 47.7 Å². The minimum Gasteiger partial charge on any atom is -0.475 e. The number of aromatic nitrogens is 3. The first kappa shape index (κ1) is 28.5. The van der Waals surface area contributed by atoms with Gasteiger partial charge in [0, 0.05) is 28.4 Å². The zero-order chi connectivity index (χ0) is 27.9. The van der Waals surface area contributed by atoms with Crippen LogP contribution in [0.5, 0.6) is 0 Å². The van der Waals surface area contributed by atoms with Crippen LogP contribution in [0.25, 0.3) is 11.3 Å². The molecular weight excluding hydrogens is 545 g/mol. The maximum absolute atomic E-state index is 12.0. The maximum atomic E-state index is 12.0. The number of benzene rings is 2. The average Bonchev–Trinajstić information content (AvgIpc) is 3.31. The molecule has 0 bridgehead atoms. The molecule has 0 saturated carbocycles. The third-order valence-electron chi connectivity index (χ3n) is 4.64. The molecule has 0 spiro atoms. The van der Waals surface area contributed by atoms with Crippen LogP contribution in [0.1, 0.15) is 5.01 Å². The number of alkyl halides is 3. The molecule has 0 aliphatic rings. The summed E-state index contributed by atoms with van der Waals surface area (Å²) in [6.45, 7) is 1.98. The lowest BCUT2D eigenvalue weighted by Crippen LogP contribution is -2.21. The van der Waals surface area contributed by atoms with Crippen molar-refractivity contribution in [2.24, 2.45) is 0 Å². The van der Waals surface area contributed by atoms with Gasteiger partial charge in [-0.2, -0.15) is 13.2 Å². The van der Waals surface area contributed by atoms with E-state index in [-0.39, 0.29) is 4.90 Å². The summed E-state index contributed by atoms with van der Waals surface area (Å²) < 4.78 is 58.1. The van der Waals surface area contributed by atoms with Gasteiger partial charge in [0.1, 0.15) is 18.0 Å². The summed E-state index contributed by atoms with van der Waals surface area (Å²) in [6, 6.07) is 16.2. The fraction of sp³-hybridized carbons (Fsp3) is 0.130. The highest BCUT2D eigenvalue weighted by molar-refractivity contribution is 7.89. The molecule has 4 rings (SSSR count). The SMILES string of the molecule is CNS(=O)(=O)c1cccc(Nc2cc(Nc3cccc(-c4csc(C)n4)c3)ncn2)c1.O=C(O)C(F)(F)F. The van der Waals surface area contributed by atoms with Crippen molar-refractivity contribution >= 4 is 50.3 Å². The molecule has 0 unspecified atom stereocenters. The topological polar surface area (TPSA) is 146 Å². The first-order valence-corrected chi connectivity index (χ1v) is 13.0. The van der Waals surface area contributed by atoms with Gasteiger partial charge in [0.05, 0.1) is 15.6 Å². The van der Waals surface area contributed by atoms with E-state index in [4.69, 9.17) is 9.90 Å². The van der Waals surface area contributed by atoms with Crippen LogP contribution in [0.3, 0.4) is 0 Å². The number of nitrogens with zero attached hydrogens (tertiary/aromatic N) is 3. The Morgan fingerprint density at radius 2 is 1.55 bits per heavy atom. The van der Waals surface area contributed by atoms with Crippen molar-refractivity contribution in [3.63, 3.8) is 0 Å². The smallest absolute Gasteiger partial charge is 0.475 e. The molecule has 0 aliphatic heterocycles. The number of hydrogen-bond donors (Lipinski definition) is 4. The lowest BCUT2D eigenvalue weighted by atomic mass is 10.1. The molecule has 2 aromatic heterocycles. The second kappa shape index (κ2) is 12.0. The van der Waals surface area contributed by atoms with Crippen molar-refractivity contribution in [1.82, 2.24) is 19.7 Å². The number of carboxylic acid groups (broad SMARTS) is 1. The Morgan fingerprint density at radius 1 is 0.974 bits per heavy atom. The lowest BCUT2D eigenvalue weighted by Gasteiger charge is -2.10. The van der Waals surface area contributed by atoms with Crippen LogP contribution < -0.4 is 15.4 Å². The van der Waals surface area contributed by atoms with Gasteiger partial charge < -0.3 is 15.7 Å². The Bertz CT molecular complexity index is 1530. The molecule has 0 radical (unpaired) electrons. The third-order valence-corrected chi connectivity index (χ3v) is 6.83. The van der Waals surface area contributed by atoms with E-state index in [9.17, 15) is 21.6 Å². The van der Waals surface area contributed by atoms with Crippen molar-refractivity contribution in [3.8, 4) is 11.3 Å². The molecule has 0 atom stereocenters. The Kier molecular flexibility index (Phi) is 8.98. The average molecular weight is 567 g/mol. The minimum absolute atomic E-state index is 0.168. The van der Waals surface area contributed by atoms with Gasteiger partial charge >= 0.3 is 12.1 Å². The number of nitrogens with one attached hydrogen (secondary N) is 3. The quantitative estimate of drug-likeness (QED) is 0.244. The predicted octanol–water partition coefficient (Wildman–Crippen LogP) is 4.94. The largest absolute Gasteiger partial charge is 0.490 e. The highest BCUT2D eigenvalue weighted by Crippen LogP contribution is 2.26. The van der Waals surface area contributed by atoms with E-state index in [0.717, 1.165) is 22.0 Å². The molecular formula is C23H21F3N6O4S2. The summed E-state index contributed by atoms with van der Waals surface area (Å²) >= 11 is 1.61. The molecule has 4 aromatic rings. The molecule has 38 heavy (non-hydrogen) atoms. The highest BCUT2D eigenvalue weighted by atomic mass is 32.2. The van der Waals surface area contributed by atoms with E-state index >= 15 is 0 Å². The van der Waals surface area contributed by atoms with Gasteiger partial charge in [-0.15, -0.1) is 11.3 Å². The normalized spacial score (nSPS) is 11.3. The predicted molar refractivity (Wildman–Crippen MR) is 137 cm³/mol. The second-order valence-corrected chi connectivity index (χ2v) is 10.4. The van der Waals surface area contributed by atoms with Crippen LogP contribution >= 0.6 is 11.3 Å². The molecule has 0 aliphatic carbocycles. The van der Waals surface area contributed by atoms with E-state index in [2.05, 4.69) is 30.3 Å². The number of hydrogen-bond acceptors (Lipinski definition) is 9. The first-order chi connectivity index (χ1) is 17.9. The zero-order valence-electron chi connectivity index (χ0n) is 19.8. The molecule has 2 heterocycles. The summed E-state index contributed by atoms with van der Waals surface area (Å²) in [5.41, 5.74) is 3.42. The molecule has 0 amide bonds. The molecule has 4 N–H and O–H groups in total. The standard InChI is InChI=1S/C21H20N6O2S2.C2HF3O2/c1-14-25-19(12-30-14)15-5-3-6-16(9-15)26-20-11-21(24-13-23-20)27-17-7-4-8-18(10-17)31(28,29)22-2;3-2(4,5)1(6)7/h3-13,22H,1-2H3,(H2,23,24,26,27);(H,6,7). The lowest BCUT2D eigenvalue weighted by molar-refractivity contribution is -0.192. The number of carbonyl (C=O) groups is 1. The van der Waals surface area contributed by atoms with Gasteiger partial charge in [0.15, 0.2) is 0 Å². The van der Waals surface area contributed by atoms with Gasteiger partial charge in [0.25, 0.3) is 0 Å². The molecule has 10 nitrogen and oxygen atoms in total. The Balaban J connectivity index is 0.000000505. The van der Waals surface area contributed by atoms with E-state index in [1.54, 1.807) is 35.6 Å². The van der Waals surface area contributed by atoms with Crippen LogP contribution in [-0.2, 0) is 14.8 Å². The number of rotatable bonds is 7. The Labute approximate surface area is 219 Å². The molecule has 0 fully saturated rings. The molecule has 0 saturated heterocycles. The van der Waals surface area contributed by atoms with Crippen molar-refractivity contribution in [2.45, 2.75) is 18.0 Å². The summed E-state index contributed by atoms with van der Waals surface area (Å²) in [4.78, 5) is 22.1. The van der Waals surface area contributed by atoms with Crippen molar-refractivity contribution < 1.29 is 31.5 Å². The maximum Gasteiger partial charge on any atom is 0.490 e. The van der Waals surface area contributed by atoms with Crippen LogP contribution in [0.4, 0.5) is 36.2 Å².